The number of alkyl halides is 3. The van der Waals surface area contributed by atoms with Gasteiger partial charge in [0.1, 0.15) is 11.0 Å². The van der Waals surface area contributed by atoms with Gasteiger partial charge in [-0.15, -0.1) is 23.2 Å². The smallest absolute Gasteiger partial charge is 0.252 e. The van der Waals surface area contributed by atoms with Gasteiger partial charge in [0.05, 0.1) is 27.2 Å². The minimum absolute atomic E-state index is 0.0294. The summed E-state index contributed by atoms with van der Waals surface area (Å²) in [6.07, 6.45) is 0. The van der Waals surface area contributed by atoms with Crippen LogP contribution in [0.25, 0.3) is 0 Å². The summed E-state index contributed by atoms with van der Waals surface area (Å²) in [6.45, 7) is -0.906. The van der Waals surface area contributed by atoms with E-state index in [1.807, 2.05) is 0 Å². The molecule has 2 aromatic rings. The molecule has 0 saturated heterocycles. The predicted molar refractivity (Wildman–Crippen MR) is 121 cm³/mol. The van der Waals surface area contributed by atoms with Crippen molar-refractivity contribution >= 4 is 87.1 Å². The zero-order chi connectivity index (χ0) is 22.2. The Morgan fingerprint density at radius 3 is 2.20 bits per heavy atom. The van der Waals surface area contributed by atoms with Crippen molar-refractivity contribution in [3.05, 3.63) is 61.5 Å². The molecule has 3 rings (SSSR count). The molecule has 1 aliphatic carbocycles. The molecule has 30 heavy (non-hydrogen) atoms. The zero-order valence-electron chi connectivity index (χ0n) is 14.9. The van der Waals surface area contributed by atoms with Crippen LogP contribution in [0.3, 0.4) is 0 Å². The lowest BCUT2D eigenvalue weighted by molar-refractivity contribution is -0.117. The van der Waals surface area contributed by atoms with Crippen LogP contribution in [0.2, 0.25) is 20.1 Å². The van der Waals surface area contributed by atoms with Crippen molar-refractivity contribution < 1.29 is 14.0 Å². The van der Waals surface area contributed by atoms with E-state index in [9.17, 15) is 14.0 Å². The van der Waals surface area contributed by atoms with Crippen molar-refractivity contribution in [2.45, 2.75) is 10.3 Å². The van der Waals surface area contributed by atoms with Gasteiger partial charge in [-0.3, -0.25) is 9.59 Å². The van der Waals surface area contributed by atoms with Gasteiger partial charge in [-0.1, -0.05) is 46.4 Å². The molecular weight excluding hydrogens is 520 g/mol. The summed E-state index contributed by atoms with van der Waals surface area (Å²) in [4.78, 5) is 25.0. The van der Waals surface area contributed by atoms with Crippen molar-refractivity contribution in [2.75, 3.05) is 18.5 Å². The maximum absolute atomic E-state index is 12.8. The van der Waals surface area contributed by atoms with Crippen LogP contribution >= 0.6 is 69.6 Å². The average Bonchev–Trinajstić information content (AvgIpc) is 3.23. The van der Waals surface area contributed by atoms with E-state index in [2.05, 4.69) is 10.6 Å². The van der Waals surface area contributed by atoms with Gasteiger partial charge in [-0.05, 0) is 35.9 Å². The van der Waals surface area contributed by atoms with Crippen LogP contribution in [-0.2, 0) is 4.79 Å². The molecular formula is C19H13Cl6FN2O2. The van der Waals surface area contributed by atoms with E-state index in [0.717, 1.165) is 0 Å². The number of benzene rings is 2. The molecule has 2 amide bonds. The van der Waals surface area contributed by atoms with Crippen molar-refractivity contribution in [1.82, 2.24) is 5.32 Å². The summed E-state index contributed by atoms with van der Waals surface area (Å²) in [5.41, 5.74) is 0.781. The Balaban J connectivity index is 1.83. The van der Waals surface area contributed by atoms with E-state index in [1.165, 1.54) is 12.1 Å². The van der Waals surface area contributed by atoms with Gasteiger partial charge in [-0.25, -0.2) is 4.39 Å². The lowest BCUT2D eigenvalue weighted by Crippen LogP contribution is -2.26. The number of anilines is 1. The Labute approximate surface area is 201 Å². The highest BCUT2D eigenvalue weighted by atomic mass is 35.5. The molecule has 11 heteroatoms. The first-order chi connectivity index (χ1) is 14.1. The SMILES string of the molecule is O=C(NCCF)c1cc(NC(=O)[C@H]2[C@H](c3cc(Cl)cc(Cl)c3)C2(Cl)Cl)c(Cl)cc1Cl. The minimum atomic E-state index is -1.38. The first-order valence-corrected chi connectivity index (χ1v) is 10.8. The van der Waals surface area contributed by atoms with Crippen molar-refractivity contribution in [3.63, 3.8) is 0 Å². The normalized spacial score (nSPS) is 19.3. The van der Waals surface area contributed by atoms with E-state index < -0.39 is 34.7 Å². The molecule has 2 atom stereocenters. The maximum atomic E-state index is 12.8. The standard InChI is InChI=1S/C19H13Cl6FN2O2/c20-9-3-8(4-10(21)5-9)15-16(19(15,24)25)18(30)28-14-6-11(12(22)7-13(14)23)17(29)27-2-1-26/h3-7,15-16H,1-2H2,(H,27,29)(H,28,30)/t15-,16+/m0/s1. The fraction of sp³-hybridized carbons (Fsp3) is 0.263. The van der Waals surface area contributed by atoms with Crippen LogP contribution in [0.15, 0.2) is 30.3 Å². The Kier molecular flexibility index (Phi) is 7.33. The van der Waals surface area contributed by atoms with Gasteiger partial charge >= 0.3 is 0 Å². The highest BCUT2D eigenvalue weighted by molar-refractivity contribution is 6.53. The summed E-state index contributed by atoms with van der Waals surface area (Å²) in [5, 5.41) is 5.90. The van der Waals surface area contributed by atoms with Gasteiger partial charge in [0.25, 0.3) is 5.91 Å². The van der Waals surface area contributed by atoms with Gasteiger partial charge in [0.2, 0.25) is 5.91 Å². The first-order valence-electron chi connectivity index (χ1n) is 8.54. The third-order valence-electron chi connectivity index (χ3n) is 4.52. The molecule has 0 radical (unpaired) electrons. The van der Waals surface area contributed by atoms with Crippen molar-refractivity contribution in [2.24, 2.45) is 5.92 Å². The van der Waals surface area contributed by atoms with Gasteiger partial charge < -0.3 is 10.6 Å². The van der Waals surface area contributed by atoms with Crippen LogP contribution in [-0.4, -0.2) is 29.4 Å². The summed E-state index contributed by atoms with van der Waals surface area (Å²) in [7, 11) is 0. The molecule has 0 aliphatic heterocycles. The summed E-state index contributed by atoms with van der Waals surface area (Å²) in [6, 6.07) is 7.42. The number of nitrogens with one attached hydrogen (secondary N) is 2. The third kappa shape index (κ3) is 4.93. The highest BCUT2D eigenvalue weighted by Gasteiger charge is 2.67. The molecule has 0 aromatic heterocycles. The molecule has 1 fully saturated rings. The Morgan fingerprint density at radius 1 is 0.967 bits per heavy atom. The molecule has 2 aromatic carbocycles. The fourth-order valence-electron chi connectivity index (χ4n) is 3.11. The number of halogens is 7. The molecule has 160 valence electrons. The number of rotatable bonds is 6. The second-order valence-corrected chi connectivity index (χ2v) is 9.71. The van der Waals surface area contributed by atoms with E-state index in [-0.39, 0.29) is 27.8 Å². The lowest BCUT2D eigenvalue weighted by atomic mass is 10.1. The monoisotopic (exact) mass is 530 g/mol. The Morgan fingerprint density at radius 2 is 1.60 bits per heavy atom. The molecule has 1 saturated carbocycles. The molecule has 0 heterocycles. The van der Waals surface area contributed by atoms with E-state index >= 15 is 0 Å². The molecule has 0 unspecified atom stereocenters. The van der Waals surface area contributed by atoms with Crippen LogP contribution < -0.4 is 10.6 Å². The molecule has 4 nitrogen and oxygen atoms in total. The Bertz CT molecular complexity index is 997. The summed E-state index contributed by atoms with van der Waals surface area (Å²) >= 11 is 36.9. The largest absolute Gasteiger partial charge is 0.349 e. The fourth-order valence-corrected chi connectivity index (χ4v) is 4.99. The van der Waals surface area contributed by atoms with E-state index in [4.69, 9.17) is 69.6 Å². The van der Waals surface area contributed by atoms with Crippen LogP contribution in [0.4, 0.5) is 10.1 Å². The summed E-state index contributed by atoms with van der Waals surface area (Å²) in [5.74, 6) is -2.48. The molecule has 0 bridgehead atoms. The zero-order valence-corrected chi connectivity index (χ0v) is 19.5. The number of amides is 2. The topological polar surface area (TPSA) is 58.2 Å². The Hall–Kier alpha value is -0.950. The van der Waals surface area contributed by atoms with Gasteiger partial charge in [0.15, 0.2) is 0 Å². The van der Waals surface area contributed by atoms with Crippen LogP contribution in [0, 0.1) is 5.92 Å². The number of carbonyl (C=O) groups excluding carboxylic acids is 2. The molecule has 2 N–H and O–H groups in total. The lowest BCUT2D eigenvalue weighted by Gasteiger charge is -2.11. The third-order valence-corrected chi connectivity index (χ3v) is 6.52. The second-order valence-electron chi connectivity index (χ2n) is 6.58. The molecule has 0 spiro atoms. The predicted octanol–water partition coefficient (Wildman–Crippen LogP) is 6.53. The first kappa shape index (κ1) is 23.7. The van der Waals surface area contributed by atoms with Crippen molar-refractivity contribution in [1.29, 1.82) is 0 Å². The van der Waals surface area contributed by atoms with Crippen molar-refractivity contribution in [3.8, 4) is 0 Å². The number of hydrogen-bond donors (Lipinski definition) is 2. The highest BCUT2D eigenvalue weighted by Crippen LogP contribution is 2.65. The second kappa shape index (κ2) is 9.27. The number of carbonyl (C=O) groups is 2. The molecule has 1 aliphatic rings. The van der Waals surface area contributed by atoms with Gasteiger partial charge in [0, 0.05) is 22.5 Å². The van der Waals surface area contributed by atoms with Gasteiger partial charge in [-0.2, -0.15) is 0 Å². The minimum Gasteiger partial charge on any atom is -0.349 e. The van der Waals surface area contributed by atoms with Crippen LogP contribution in [0.5, 0.6) is 0 Å². The number of hydrogen-bond acceptors (Lipinski definition) is 2. The quantitative estimate of drug-likeness (QED) is 0.416. The maximum Gasteiger partial charge on any atom is 0.252 e. The summed E-state index contributed by atoms with van der Waals surface area (Å²) < 4.78 is 10.9. The average molecular weight is 533 g/mol. The van der Waals surface area contributed by atoms with Crippen LogP contribution in [0.1, 0.15) is 21.8 Å². The van der Waals surface area contributed by atoms with E-state index in [0.29, 0.717) is 15.6 Å². The van der Waals surface area contributed by atoms with E-state index in [1.54, 1.807) is 18.2 Å².